The van der Waals surface area contributed by atoms with E-state index in [2.05, 4.69) is 15.3 Å². The van der Waals surface area contributed by atoms with Crippen molar-refractivity contribution in [2.24, 2.45) is 5.11 Å². The van der Waals surface area contributed by atoms with Gasteiger partial charge in [-0.15, -0.1) is 0 Å². The monoisotopic (exact) mass is 480 g/mol. The van der Waals surface area contributed by atoms with Crippen molar-refractivity contribution in [3.05, 3.63) is 40.3 Å². The van der Waals surface area contributed by atoms with Crippen LogP contribution in [-0.2, 0) is 28.5 Å². The highest BCUT2D eigenvalue weighted by Gasteiger charge is 2.16. The number of nitrogens with zero attached hydrogens (tertiary/aromatic N) is 3. The zero-order chi connectivity index (χ0) is 25.4. The average Bonchev–Trinajstić information content (AvgIpc) is 2.75. The van der Waals surface area contributed by atoms with Gasteiger partial charge >= 0.3 is 11.9 Å². The highest BCUT2D eigenvalue weighted by molar-refractivity contribution is 5.94. The fraction of sp³-hybridized carbons (Fsp3) is 0.591. The van der Waals surface area contributed by atoms with Crippen LogP contribution in [0.4, 0.5) is 0 Å². The van der Waals surface area contributed by atoms with Crippen LogP contribution < -0.4 is 10.1 Å². The molecule has 12 nitrogen and oxygen atoms in total. The predicted octanol–water partition coefficient (Wildman–Crippen LogP) is 2.76. The first-order chi connectivity index (χ1) is 16.1. The Morgan fingerprint density at radius 2 is 1.88 bits per heavy atom. The van der Waals surface area contributed by atoms with Gasteiger partial charge in [0, 0.05) is 17.0 Å². The Balaban J connectivity index is 2.48. The van der Waals surface area contributed by atoms with Crippen LogP contribution >= 0.6 is 0 Å². The van der Waals surface area contributed by atoms with E-state index in [9.17, 15) is 14.4 Å². The highest BCUT2D eigenvalue weighted by atomic mass is 16.6. The summed E-state index contributed by atoms with van der Waals surface area (Å²) in [5.74, 6) is -0.983. The van der Waals surface area contributed by atoms with E-state index >= 15 is 0 Å². The van der Waals surface area contributed by atoms with Crippen molar-refractivity contribution in [1.82, 2.24) is 5.32 Å². The van der Waals surface area contributed by atoms with Gasteiger partial charge in [-0.3, -0.25) is 9.59 Å². The van der Waals surface area contributed by atoms with E-state index in [4.69, 9.17) is 29.2 Å². The maximum atomic E-state index is 12.4. The summed E-state index contributed by atoms with van der Waals surface area (Å²) in [6.45, 7) is 7.42. The molecule has 188 valence electrons. The summed E-state index contributed by atoms with van der Waals surface area (Å²) < 4.78 is 26.0. The van der Waals surface area contributed by atoms with E-state index in [0.717, 1.165) is 0 Å². The van der Waals surface area contributed by atoms with Gasteiger partial charge in [0.15, 0.2) is 0 Å². The minimum absolute atomic E-state index is 0.0407. The number of carbonyl (C=O) groups excluding carboxylic acids is 3. The molecule has 1 atom stereocenters. The van der Waals surface area contributed by atoms with Gasteiger partial charge in [-0.1, -0.05) is 6.07 Å². The van der Waals surface area contributed by atoms with Crippen LogP contribution in [0.3, 0.4) is 0 Å². The van der Waals surface area contributed by atoms with Gasteiger partial charge in [0.2, 0.25) is 6.23 Å². The second-order valence-electron chi connectivity index (χ2n) is 7.83. The third-order valence-corrected chi connectivity index (χ3v) is 3.74. The minimum atomic E-state index is -0.986. The Labute approximate surface area is 198 Å². The first-order valence-electron chi connectivity index (χ1n) is 10.8. The quantitative estimate of drug-likeness (QED) is 0.132. The molecule has 0 aliphatic heterocycles. The van der Waals surface area contributed by atoms with Gasteiger partial charge in [0.1, 0.15) is 18.0 Å². The summed E-state index contributed by atoms with van der Waals surface area (Å²) in [5.41, 5.74) is 8.48. The van der Waals surface area contributed by atoms with Gasteiger partial charge in [0.05, 0.1) is 32.8 Å². The molecule has 0 fully saturated rings. The molecule has 0 radical (unpaired) electrons. The molecule has 0 unspecified atom stereocenters. The molecule has 0 aromatic heterocycles. The van der Waals surface area contributed by atoms with E-state index < -0.39 is 29.7 Å². The van der Waals surface area contributed by atoms with Crippen LogP contribution in [0, 0.1) is 0 Å². The summed E-state index contributed by atoms with van der Waals surface area (Å²) in [4.78, 5) is 38.0. The summed E-state index contributed by atoms with van der Waals surface area (Å²) in [7, 11) is 0. The predicted molar refractivity (Wildman–Crippen MR) is 121 cm³/mol. The number of rotatable bonds is 15. The lowest BCUT2D eigenvalue weighted by Crippen LogP contribution is -2.29. The summed E-state index contributed by atoms with van der Waals surface area (Å²) >= 11 is 0. The van der Waals surface area contributed by atoms with Gasteiger partial charge in [-0.05, 0) is 56.5 Å². The molecule has 1 amide bonds. The number of carbonyl (C=O) groups is 3. The second-order valence-corrected chi connectivity index (χ2v) is 7.83. The minimum Gasteiger partial charge on any atom is -0.482 e. The van der Waals surface area contributed by atoms with Crippen molar-refractivity contribution in [2.45, 2.75) is 45.9 Å². The second kappa shape index (κ2) is 15.5. The molecule has 0 bridgehead atoms. The average molecular weight is 481 g/mol. The van der Waals surface area contributed by atoms with Gasteiger partial charge in [-0.2, -0.15) is 0 Å². The number of benzene rings is 1. The Morgan fingerprint density at radius 1 is 1.15 bits per heavy atom. The fourth-order valence-corrected chi connectivity index (χ4v) is 2.45. The molecule has 1 aromatic rings. The molecule has 1 aromatic carbocycles. The zero-order valence-electron chi connectivity index (χ0n) is 19.9. The van der Waals surface area contributed by atoms with Gasteiger partial charge in [-0.25, -0.2) is 4.79 Å². The smallest absolute Gasteiger partial charge is 0.332 e. The SMILES string of the molecule is CCOC(=O)COCCOC[C@@H](N=[N+]=[N-])Oc1cccc(C(=O)NCCC(=O)OC(C)(C)C)c1. The lowest BCUT2D eigenvalue weighted by atomic mass is 10.2. The number of hydrogen-bond donors (Lipinski definition) is 1. The van der Waals surface area contributed by atoms with E-state index in [-0.39, 0.29) is 46.0 Å². The van der Waals surface area contributed by atoms with Gasteiger partial charge in [0.25, 0.3) is 5.91 Å². The molecule has 12 heteroatoms. The summed E-state index contributed by atoms with van der Waals surface area (Å²) in [6.07, 6.45) is -0.945. The van der Waals surface area contributed by atoms with Crippen LogP contribution in [0.1, 0.15) is 44.5 Å². The molecule has 0 aliphatic rings. The number of nitrogens with one attached hydrogen (secondary N) is 1. The van der Waals surface area contributed by atoms with E-state index in [0.29, 0.717) is 11.3 Å². The molecule has 0 saturated heterocycles. The van der Waals surface area contributed by atoms with Crippen LogP contribution in [-0.4, -0.2) is 69.3 Å². The van der Waals surface area contributed by atoms with Crippen molar-refractivity contribution in [1.29, 1.82) is 0 Å². The third-order valence-electron chi connectivity index (χ3n) is 3.74. The lowest BCUT2D eigenvalue weighted by Gasteiger charge is -2.19. The van der Waals surface area contributed by atoms with Crippen LogP contribution in [0.5, 0.6) is 5.75 Å². The van der Waals surface area contributed by atoms with Crippen molar-refractivity contribution < 1.29 is 38.1 Å². The van der Waals surface area contributed by atoms with Crippen LogP contribution in [0.25, 0.3) is 10.4 Å². The van der Waals surface area contributed by atoms with Crippen molar-refractivity contribution in [2.75, 3.05) is 39.6 Å². The van der Waals surface area contributed by atoms with E-state index in [1.54, 1.807) is 45.9 Å². The Hall–Kier alpha value is -3.34. The van der Waals surface area contributed by atoms with Crippen LogP contribution in [0.2, 0.25) is 0 Å². The molecular weight excluding hydrogens is 448 g/mol. The largest absolute Gasteiger partial charge is 0.482 e. The first kappa shape index (κ1) is 28.7. The topological polar surface area (TPSA) is 158 Å². The molecule has 0 aliphatic carbocycles. The lowest BCUT2D eigenvalue weighted by molar-refractivity contribution is -0.154. The molecule has 0 saturated carbocycles. The maximum Gasteiger partial charge on any atom is 0.332 e. The van der Waals surface area contributed by atoms with Crippen molar-refractivity contribution in [3.8, 4) is 5.75 Å². The number of hydrogen-bond acceptors (Lipinski definition) is 9. The summed E-state index contributed by atoms with van der Waals surface area (Å²) in [6, 6.07) is 6.26. The standard InChI is InChI=1S/C22H32N4O8/c1-5-32-20(28)15-31-12-11-30-14-18(25-26-23)33-17-8-6-7-16(13-17)21(29)24-10-9-19(27)34-22(2,3)4/h6-8,13,18H,5,9-12,14-15H2,1-4H3,(H,24,29)/t18-/m0/s1. The molecule has 0 spiro atoms. The van der Waals surface area contributed by atoms with Crippen molar-refractivity contribution in [3.63, 3.8) is 0 Å². The Bertz CT molecular complexity index is 850. The number of ether oxygens (including phenoxy) is 5. The first-order valence-corrected chi connectivity index (χ1v) is 10.8. The Kier molecular flexibility index (Phi) is 13.1. The summed E-state index contributed by atoms with van der Waals surface area (Å²) in [5, 5.41) is 6.17. The molecule has 34 heavy (non-hydrogen) atoms. The van der Waals surface area contributed by atoms with Crippen LogP contribution in [0.15, 0.2) is 29.4 Å². The fourth-order valence-electron chi connectivity index (χ4n) is 2.45. The molecular formula is C22H32N4O8. The van der Waals surface area contributed by atoms with Crippen molar-refractivity contribution >= 4 is 17.8 Å². The molecule has 1 N–H and O–H groups in total. The normalized spacial score (nSPS) is 11.6. The van der Waals surface area contributed by atoms with E-state index in [1.165, 1.54) is 6.07 Å². The third kappa shape index (κ3) is 13.3. The maximum absolute atomic E-state index is 12.4. The van der Waals surface area contributed by atoms with E-state index in [1.807, 2.05) is 0 Å². The zero-order valence-corrected chi connectivity index (χ0v) is 19.9. The molecule has 0 heterocycles. The number of amides is 1. The molecule has 1 rings (SSSR count). The Morgan fingerprint density at radius 3 is 2.56 bits per heavy atom. The number of esters is 2. The highest BCUT2D eigenvalue weighted by Crippen LogP contribution is 2.16. The van der Waals surface area contributed by atoms with Gasteiger partial charge < -0.3 is 29.0 Å². The number of azide groups is 1.